The van der Waals surface area contributed by atoms with Crippen molar-refractivity contribution in [3.63, 3.8) is 0 Å². The summed E-state index contributed by atoms with van der Waals surface area (Å²) < 4.78 is 57.9. The lowest BCUT2D eigenvalue weighted by Gasteiger charge is -2.43. The van der Waals surface area contributed by atoms with Crippen molar-refractivity contribution in [2.75, 3.05) is 48.6 Å². The van der Waals surface area contributed by atoms with Gasteiger partial charge in [-0.1, -0.05) is 140 Å². The number of fused-ring (bicyclic) bond motifs is 3. The van der Waals surface area contributed by atoms with Gasteiger partial charge in [-0.25, -0.2) is 14.4 Å². The number of amides is 6. The predicted octanol–water partition coefficient (Wildman–Crippen LogP) is 7.69. The van der Waals surface area contributed by atoms with E-state index in [4.69, 9.17) is 47.4 Å². The second-order valence-corrected chi connectivity index (χ2v) is 27.2. The van der Waals surface area contributed by atoms with Crippen molar-refractivity contribution in [2.45, 2.75) is 200 Å². The second-order valence-electron chi connectivity index (χ2n) is 27.2. The normalized spacial score (nSPS) is 20.4. The van der Waals surface area contributed by atoms with Crippen LogP contribution >= 0.6 is 0 Å². The van der Waals surface area contributed by atoms with Crippen LogP contribution in [0.1, 0.15) is 142 Å². The summed E-state index contributed by atoms with van der Waals surface area (Å²) in [5.41, 5.74) is 5.16. The van der Waals surface area contributed by atoms with E-state index in [0.717, 1.165) is 55.0 Å². The van der Waals surface area contributed by atoms with E-state index < -0.39 is 151 Å². The van der Waals surface area contributed by atoms with Crippen molar-refractivity contribution >= 4 is 59.7 Å². The number of aliphatic hydroxyl groups excluding tert-OH is 1. The topological polar surface area (TPSA) is 329 Å². The Kier molecular flexibility index (Phi) is 29.4. The van der Waals surface area contributed by atoms with Crippen molar-refractivity contribution in [1.29, 1.82) is 0 Å². The number of carbonyl (C=O) groups is 10. The van der Waals surface area contributed by atoms with Gasteiger partial charge in [0.15, 0.2) is 18.3 Å². The molecule has 0 radical (unpaired) electrons. The molecule has 4 aromatic rings. The molecule has 4 N–H and O–H groups in total. The summed E-state index contributed by atoms with van der Waals surface area (Å²) >= 11 is 0. The molecule has 3 aliphatic rings. The second kappa shape index (κ2) is 37.3. The molecule has 2 saturated heterocycles. The van der Waals surface area contributed by atoms with E-state index in [-0.39, 0.29) is 54.5 Å². The summed E-state index contributed by atoms with van der Waals surface area (Å²) in [4.78, 5) is 142. The lowest BCUT2D eigenvalue weighted by atomic mass is 9.89. The summed E-state index contributed by atoms with van der Waals surface area (Å²) in [7, 11) is 7.04. The third-order valence-corrected chi connectivity index (χ3v) is 19.4. The number of rotatable bonds is 32. The lowest BCUT2D eigenvalue weighted by Crippen LogP contribution is -2.64. The molecule has 0 unspecified atom stereocenters. The number of nitrogens with one attached hydrogen (secondary N) is 3. The van der Waals surface area contributed by atoms with Gasteiger partial charge in [0, 0.05) is 73.7 Å². The molecule has 15 atom stereocenters. The number of methoxy groups -OCH3 is 3. The average molecular weight is 1440 g/mol. The minimum atomic E-state index is -1.80. The monoisotopic (exact) mass is 1430 g/mol. The molecule has 7 rings (SSSR count). The minimum Gasteiger partial charge on any atom is -0.467 e. The zero-order valence-electron chi connectivity index (χ0n) is 61.7. The van der Waals surface area contributed by atoms with E-state index in [1.54, 1.807) is 65.6 Å². The highest BCUT2D eigenvalue weighted by Gasteiger charge is 2.56. The summed E-state index contributed by atoms with van der Waals surface area (Å²) in [6.07, 6.45) is -11.2. The maximum absolute atomic E-state index is 15.0. The molecule has 0 bridgehead atoms. The van der Waals surface area contributed by atoms with Gasteiger partial charge in [-0.2, -0.15) is 0 Å². The molecule has 2 fully saturated rings. The van der Waals surface area contributed by atoms with Crippen LogP contribution in [0.3, 0.4) is 0 Å². The molecule has 27 heteroatoms. The van der Waals surface area contributed by atoms with Crippen LogP contribution in [0.4, 0.5) is 9.59 Å². The minimum absolute atomic E-state index is 0.0340. The van der Waals surface area contributed by atoms with Gasteiger partial charge in [0.1, 0.15) is 31.0 Å². The molecule has 2 heterocycles. The molecular weight excluding hydrogens is 1330 g/mol. The maximum atomic E-state index is 15.0. The Hall–Kier alpha value is -9.18. The van der Waals surface area contributed by atoms with E-state index in [0.29, 0.717) is 36.9 Å². The van der Waals surface area contributed by atoms with Crippen molar-refractivity contribution in [1.82, 2.24) is 30.7 Å². The van der Waals surface area contributed by atoms with Gasteiger partial charge in [-0.05, 0) is 83.0 Å². The molecule has 0 saturated carbocycles. The molecule has 0 aromatic heterocycles. The molecule has 2 aliphatic heterocycles. The van der Waals surface area contributed by atoms with E-state index in [2.05, 4.69) is 16.0 Å². The van der Waals surface area contributed by atoms with Crippen LogP contribution in [0.15, 0.2) is 97.1 Å². The first-order valence-corrected chi connectivity index (χ1v) is 34.9. The first kappa shape index (κ1) is 81.1. The standard InChI is InChI=1S/C76H102N6O21/c1-17-43(6)63(59(94-14)37-60(86)82-35-25-32-57(82)65(95-15)44(7)70(88)78-45(8)64(87)50-26-19-18-20-27-50)80(12)72(90)61(41(2)3)79-71(89)62(42(4)5)81(13)76(93)98-39-49-33-34-58(102-74-69(101-48(11)85)67(100-47(10)84)66(99-46(9)83)68(103-74)73(91)96-16)51(36-49)38-77-75(92)97-40-56-54-30-23-21-28-52(54)53-29-22-24-31-55(53)56/h18-24,26-31,33-34,36,41-45,56-57,59,61-69,74,87H,17,25,32,35,37-40H2,1-16H3,(H,77,92)(H,78,88)(H,79,89)/t43-,44+,45+,57-,59+,61-,62-,63-,64+,65+,66-,67-,68-,69+,74+/m0/s1. The maximum Gasteiger partial charge on any atom is 0.410 e. The Bertz CT molecular complexity index is 3570. The number of alkyl carbamates (subject to hydrolysis) is 1. The first-order chi connectivity index (χ1) is 49.0. The Morgan fingerprint density at radius 3 is 1.86 bits per heavy atom. The van der Waals surface area contributed by atoms with Crippen molar-refractivity contribution in [2.24, 2.45) is 23.7 Å². The first-order valence-electron chi connectivity index (χ1n) is 34.9. The number of nitrogens with zero attached hydrogens (tertiary/aromatic N) is 3. The summed E-state index contributed by atoms with van der Waals surface area (Å²) in [6.45, 7) is 17.2. The summed E-state index contributed by atoms with van der Waals surface area (Å²) in [5.74, 6) is -7.80. The summed E-state index contributed by atoms with van der Waals surface area (Å²) in [6, 6.07) is 25.0. The number of ether oxygens (including phenoxy) is 10. The Balaban J connectivity index is 1.07. The molecule has 103 heavy (non-hydrogen) atoms. The SMILES string of the molecule is CC[C@H](C)[C@@H]([C@@H](CC(=O)N1CCC[C@H]1[C@H](OC)[C@@H](C)C(=O)N[C@H](C)[C@@H](O)c1ccccc1)OC)N(C)C(=O)[C@@H](NC(=O)[C@H](C(C)C)N(C)C(=O)OCc1ccc(O[C@@H]2O[C@H](C(=O)OC)[C@@H](OC(C)=O)[C@H](OC(C)=O)[C@H]2OC(C)=O)c(CNC(=O)OCC2c3ccccc3-c3ccccc32)c1)C(C)C. The molecule has 562 valence electrons. The number of hydrogen-bond acceptors (Lipinski definition) is 21. The third-order valence-electron chi connectivity index (χ3n) is 19.4. The fourth-order valence-electron chi connectivity index (χ4n) is 14.0. The zero-order valence-corrected chi connectivity index (χ0v) is 61.7. The largest absolute Gasteiger partial charge is 0.467 e. The molecule has 27 nitrogen and oxygen atoms in total. The van der Waals surface area contributed by atoms with Gasteiger partial charge < -0.3 is 78.2 Å². The van der Waals surface area contributed by atoms with Gasteiger partial charge in [0.2, 0.25) is 36.0 Å². The van der Waals surface area contributed by atoms with E-state index in [1.807, 2.05) is 80.6 Å². The van der Waals surface area contributed by atoms with Crippen molar-refractivity contribution < 1.29 is 100 Å². The zero-order chi connectivity index (χ0) is 75.7. The number of likely N-dealkylation sites (tertiary alicyclic amines) is 1. The highest BCUT2D eigenvalue weighted by Crippen LogP contribution is 2.45. The van der Waals surface area contributed by atoms with Crippen LogP contribution in [0.2, 0.25) is 0 Å². The lowest BCUT2D eigenvalue weighted by molar-refractivity contribution is -0.282. The van der Waals surface area contributed by atoms with Crippen LogP contribution < -0.4 is 20.7 Å². The van der Waals surface area contributed by atoms with Crippen LogP contribution in [0.25, 0.3) is 11.1 Å². The van der Waals surface area contributed by atoms with Crippen LogP contribution in [-0.2, 0) is 94.1 Å². The number of likely N-dealkylation sites (N-methyl/N-ethyl adjacent to an activating group) is 2. The van der Waals surface area contributed by atoms with Crippen LogP contribution in [0.5, 0.6) is 5.75 Å². The van der Waals surface area contributed by atoms with Gasteiger partial charge in [0.25, 0.3) is 0 Å². The smallest absolute Gasteiger partial charge is 0.410 e. The van der Waals surface area contributed by atoms with Gasteiger partial charge in [0.05, 0.1) is 55.9 Å². The van der Waals surface area contributed by atoms with Gasteiger partial charge in [-0.3, -0.25) is 38.5 Å². The summed E-state index contributed by atoms with van der Waals surface area (Å²) in [5, 5.41) is 19.6. The van der Waals surface area contributed by atoms with Crippen LogP contribution in [-0.4, -0.2) is 201 Å². The van der Waals surface area contributed by atoms with Gasteiger partial charge >= 0.3 is 36.1 Å². The number of hydrogen-bond donors (Lipinski definition) is 4. The van der Waals surface area contributed by atoms with E-state index in [9.17, 15) is 48.3 Å². The quantitative estimate of drug-likeness (QED) is 0.0269. The fourth-order valence-corrected chi connectivity index (χ4v) is 14.0. The molecular formula is C76H102N6O21. The fraction of sp³-hybridized carbons (Fsp3) is 0.553. The Morgan fingerprint density at radius 1 is 0.689 bits per heavy atom. The van der Waals surface area contributed by atoms with Crippen molar-refractivity contribution in [3.05, 3.63) is 125 Å². The highest BCUT2D eigenvalue weighted by molar-refractivity contribution is 5.92. The number of esters is 4. The molecule has 4 aromatic carbocycles. The number of benzene rings is 4. The Morgan fingerprint density at radius 2 is 1.29 bits per heavy atom. The van der Waals surface area contributed by atoms with E-state index in [1.165, 1.54) is 44.4 Å². The van der Waals surface area contributed by atoms with Gasteiger partial charge in [-0.15, -0.1) is 0 Å². The average Bonchev–Trinajstić information content (AvgIpc) is 1.72. The van der Waals surface area contributed by atoms with E-state index >= 15 is 4.79 Å². The van der Waals surface area contributed by atoms with Crippen LogP contribution in [0, 0.1) is 23.7 Å². The molecule has 0 spiro atoms. The third kappa shape index (κ3) is 20.2. The van der Waals surface area contributed by atoms with Crippen molar-refractivity contribution in [3.8, 4) is 16.9 Å². The highest BCUT2D eigenvalue weighted by atomic mass is 16.7. The molecule has 6 amide bonds. The number of carbonyl (C=O) groups excluding carboxylic acids is 10. The molecule has 1 aliphatic carbocycles. The number of aliphatic hydroxyl groups is 1. The Labute approximate surface area is 602 Å². The predicted molar refractivity (Wildman–Crippen MR) is 375 cm³/mol.